The number of hydrogen-bond donors (Lipinski definition) is 2. The van der Waals surface area contributed by atoms with Crippen LogP contribution in [0.5, 0.6) is 0 Å². The molecule has 0 atom stereocenters. The topological polar surface area (TPSA) is 88.0 Å². The van der Waals surface area contributed by atoms with E-state index in [4.69, 9.17) is 0 Å². The number of thioether (sulfide) groups is 1. The molecule has 0 aliphatic carbocycles. The van der Waals surface area contributed by atoms with Crippen LogP contribution in [0.25, 0.3) is 0 Å². The Morgan fingerprint density at radius 2 is 2.12 bits per heavy atom. The summed E-state index contributed by atoms with van der Waals surface area (Å²) in [7, 11) is 1.79. The SMILES string of the molecule is Cn1nnnc1SCCNC(=O)Nc1cccc(CN2CCCCC2)c1. The minimum atomic E-state index is -0.197. The second kappa shape index (κ2) is 9.54. The van der Waals surface area contributed by atoms with Crippen LogP contribution in [0.15, 0.2) is 29.4 Å². The van der Waals surface area contributed by atoms with Gasteiger partial charge in [-0.1, -0.05) is 30.3 Å². The lowest BCUT2D eigenvalue weighted by Crippen LogP contribution is -2.31. The normalized spacial score (nSPS) is 15.0. The molecule has 9 heteroatoms. The molecular formula is C17H25N7OS. The highest BCUT2D eigenvalue weighted by Crippen LogP contribution is 2.16. The Bertz CT molecular complexity index is 715. The van der Waals surface area contributed by atoms with Gasteiger partial charge in [-0.2, -0.15) is 0 Å². The second-order valence-corrected chi connectivity index (χ2v) is 7.41. The lowest BCUT2D eigenvalue weighted by Gasteiger charge is -2.26. The van der Waals surface area contributed by atoms with Crippen LogP contribution in [-0.2, 0) is 13.6 Å². The third-order valence-corrected chi connectivity index (χ3v) is 5.25. The van der Waals surface area contributed by atoms with Gasteiger partial charge in [0, 0.05) is 31.6 Å². The van der Waals surface area contributed by atoms with E-state index in [1.807, 2.05) is 18.2 Å². The van der Waals surface area contributed by atoms with Gasteiger partial charge >= 0.3 is 6.03 Å². The third kappa shape index (κ3) is 5.70. The molecule has 1 aliphatic heterocycles. The summed E-state index contributed by atoms with van der Waals surface area (Å²) in [4.78, 5) is 14.5. The average molecular weight is 376 g/mol. The van der Waals surface area contributed by atoms with Crippen molar-refractivity contribution < 1.29 is 4.79 Å². The number of rotatable bonds is 7. The maximum atomic E-state index is 12.1. The average Bonchev–Trinajstić information content (AvgIpc) is 3.05. The number of nitrogens with one attached hydrogen (secondary N) is 2. The van der Waals surface area contributed by atoms with Gasteiger partial charge in [0.15, 0.2) is 0 Å². The van der Waals surface area contributed by atoms with Gasteiger partial charge in [-0.25, -0.2) is 9.48 Å². The number of hydrogen-bond acceptors (Lipinski definition) is 6. The molecule has 1 fully saturated rings. The molecule has 2 aromatic rings. The van der Waals surface area contributed by atoms with Gasteiger partial charge in [0.2, 0.25) is 5.16 Å². The summed E-state index contributed by atoms with van der Waals surface area (Å²) in [6.45, 7) is 3.81. The maximum absolute atomic E-state index is 12.1. The van der Waals surface area contributed by atoms with Crippen molar-refractivity contribution in [3.8, 4) is 0 Å². The molecule has 3 rings (SSSR count). The standard InChI is InChI=1S/C17H25N7OS/c1-23-17(20-21-22-23)26-11-8-18-16(25)19-15-7-5-6-14(12-15)13-24-9-3-2-4-10-24/h5-7,12H,2-4,8-11,13H2,1H3,(H2,18,19,25). The summed E-state index contributed by atoms with van der Waals surface area (Å²) in [5.74, 6) is 0.705. The predicted octanol–water partition coefficient (Wildman–Crippen LogP) is 2.11. The minimum Gasteiger partial charge on any atom is -0.337 e. The molecule has 0 radical (unpaired) electrons. The highest BCUT2D eigenvalue weighted by molar-refractivity contribution is 7.99. The van der Waals surface area contributed by atoms with Crippen LogP contribution in [0.2, 0.25) is 0 Å². The molecule has 0 saturated carbocycles. The largest absolute Gasteiger partial charge is 0.337 e. The van der Waals surface area contributed by atoms with Crippen molar-refractivity contribution in [2.75, 3.05) is 30.7 Å². The van der Waals surface area contributed by atoms with E-state index in [-0.39, 0.29) is 6.03 Å². The van der Waals surface area contributed by atoms with Crippen LogP contribution in [0.4, 0.5) is 10.5 Å². The number of anilines is 1. The van der Waals surface area contributed by atoms with Crippen LogP contribution in [0, 0.1) is 0 Å². The molecule has 1 aromatic carbocycles. The third-order valence-electron chi connectivity index (χ3n) is 4.24. The first-order chi connectivity index (χ1) is 12.7. The summed E-state index contributed by atoms with van der Waals surface area (Å²) < 4.78 is 1.61. The number of nitrogens with zero attached hydrogens (tertiary/aromatic N) is 5. The highest BCUT2D eigenvalue weighted by atomic mass is 32.2. The summed E-state index contributed by atoms with van der Waals surface area (Å²) in [5.41, 5.74) is 2.05. The molecule has 8 nitrogen and oxygen atoms in total. The van der Waals surface area contributed by atoms with Crippen LogP contribution in [0.1, 0.15) is 24.8 Å². The van der Waals surface area contributed by atoms with E-state index in [1.165, 1.54) is 36.6 Å². The number of amides is 2. The Labute approximate surface area is 157 Å². The number of urea groups is 1. The van der Waals surface area contributed by atoms with Gasteiger partial charge in [-0.05, 0) is 54.1 Å². The lowest BCUT2D eigenvalue weighted by atomic mass is 10.1. The quantitative estimate of drug-likeness (QED) is 0.569. The van der Waals surface area contributed by atoms with E-state index in [2.05, 4.69) is 37.1 Å². The van der Waals surface area contributed by atoms with Gasteiger partial charge in [0.25, 0.3) is 0 Å². The first-order valence-corrected chi connectivity index (χ1v) is 9.90. The lowest BCUT2D eigenvalue weighted by molar-refractivity contribution is 0.221. The number of likely N-dealkylation sites (tertiary alicyclic amines) is 1. The first kappa shape index (κ1) is 18.7. The Balaban J connectivity index is 1.40. The van der Waals surface area contributed by atoms with E-state index < -0.39 is 0 Å². The Morgan fingerprint density at radius 1 is 1.27 bits per heavy atom. The van der Waals surface area contributed by atoms with Crippen LogP contribution in [-0.4, -0.2) is 56.5 Å². The van der Waals surface area contributed by atoms with Crippen LogP contribution >= 0.6 is 11.8 Å². The number of tetrazole rings is 1. The molecular weight excluding hydrogens is 350 g/mol. The fraction of sp³-hybridized carbons (Fsp3) is 0.529. The fourth-order valence-electron chi connectivity index (χ4n) is 2.95. The van der Waals surface area contributed by atoms with E-state index in [0.717, 1.165) is 30.5 Å². The molecule has 1 saturated heterocycles. The van der Waals surface area contributed by atoms with Crippen molar-refractivity contribution in [1.82, 2.24) is 30.4 Å². The van der Waals surface area contributed by atoms with Gasteiger partial charge in [-0.3, -0.25) is 4.90 Å². The Morgan fingerprint density at radius 3 is 2.88 bits per heavy atom. The molecule has 1 aliphatic rings. The molecule has 2 N–H and O–H groups in total. The van der Waals surface area contributed by atoms with E-state index in [0.29, 0.717) is 12.3 Å². The zero-order chi connectivity index (χ0) is 18.2. The van der Waals surface area contributed by atoms with Gasteiger partial charge in [-0.15, -0.1) is 5.10 Å². The summed E-state index contributed by atoms with van der Waals surface area (Å²) in [5, 5.41) is 17.7. The Kier molecular flexibility index (Phi) is 6.84. The highest BCUT2D eigenvalue weighted by Gasteiger charge is 2.11. The van der Waals surface area contributed by atoms with E-state index >= 15 is 0 Å². The summed E-state index contributed by atoms with van der Waals surface area (Å²) >= 11 is 1.50. The molecule has 140 valence electrons. The molecule has 2 heterocycles. The van der Waals surface area contributed by atoms with Gasteiger partial charge in [0.05, 0.1) is 0 Å². The summed E-state index contributed by atoms with van der Waals surface area (Å²) in [6.07, 6.45) is 3.90. The van der Waals surface area contributed by atoms with Crippen molar-refractivity contribution in [2.24, 2.45) is 7.05 Å². The molecule has 0 unspecified atom stereocenters. The number of piperidine rings is 1. The first-order valence-electron chi connectivity index (χ1n) is 8.92. The molecule has 0 spiro atoms. The van der Waals surface area contributed by atoms with E-state index in [1.54, 1.807) is 11.7 Å². The van der Waals surface area contributed by atoms with E-state index in [9.17, 15) is 4.79 Å². The monoisotopic (exact) mass is 375 g/mol. The molecule has 2 amide bonds. The molecule has 1 aromatic heterocycles. The molecule has 26 heavy (non-hydrogen) atoms. The number of aromatic nitrogens is 4. The van der Waals surface area contributed by atoms with Crippen molar-refractivity contribution in [2.45, 2.75) is 31.0 Å². The maximum Gasteiger partial charge on any atom is 0.319 e. The smallest absolute Gasteiger partial charge is 0.319 e. The summed E-state index contributed by atoms with van der Waals surface area (Å²) in [6, 6.07) is 7.87. The van der Waals surface area contributed by atoms with Gasteiger partial charge in [0.1, 0.15) is 0 Å². The van der Waals surface area contributed by atoms with Crippen molar-refractivity contribution in [3.63, 3.8) is 0 Å². The fourth-order valence-corrected chi connectivity index (χ4v) is 3.65. The Hall–Kier alpha value is -2.13. The minimum absolute atomic E-state index is 0.197. The van der Waals surface area contributed by atoms with Crippen LogP contribution in [0.3, 0.4) is 0 Å². The zero-order valence-corrected chi connectivity index (χ0v) is 15.8. The number of aryl methyl sites for hydroxylation is 1. The second-order valence-electron chi connectivity index (χ2n) is 6.35. The van der Waals surface area contributed by atoms with Crippen molar-refractivity contribution in [3.05, 3.63) is 29.8 Å². The number of carbonyl (C=O) groups is 1. The zero-order valence-electron chi connectivity index (χ0n) is 15.0. The molecule has 0 bridgehead atoms. The predicted molar refractivity (Wildman–Crippen MR) is 102 cm³/mol. The van der Waals surface area contributed by atoms with Crippen molar-refractivity contribution in [1.29, 1.82) is 0 Å². The number of carbonyl (C=O) groups excluding carboxylic acids is 1. The van der Waals surface area contributed by atoms with Gasteiger partial charge < -0.3 is 10.6 Å². The van der Waals surface area contributed by atoms with Crippen molar-refractivity contribution >= 4 is 23.5 Å². The van der Waals surface area contributed by atoms with Crippen LogP contribution < -0.4 is 10.6 Å². The number of benzene rings is 1.